The number of nitrogens with zero attached hydrogens (tertiary/aromatic N) is 6. The summed E-state index contributed by atoms with van der Waals surface area (Å²) < 4.78 is 1.43. The van der Waals surface area contributed by atoms with E-state index in [9.17, 15) is 0 Å². The van der Waals surface area contributed by atoms with Gasteiger partial charge in [-0.25, -0.2) is 0 Å². The van der Waals surface area contributed by atoms with E-state index in [0.717, 1.165) is 38.4 Å². The number of anilines is 1. The average molecular weight is 295 g/mol. The molecule has 22 heavy (non-hydrogen) atoms. The van der Waals surface area contributed by atoms with Crippen LogP contribution in [0.15, 0.2) is 36.4 Å². The SMILES string of the molecule is c1ccc2c(c1)CCN(CCNc1ccc3nnnn3n1)C2. The average Bonchev–Trinajstić information content (AvgIpc) is 3.02. The van der Waals surface area contributed by atoms with Gasteiger partial charge in [0, 0.05) is 26.2 Å². The Hall–Kier alpha value is -2.54. The van der Waals surface area contributed by atoms with E-state index in [-0.39, 0.29) is 0 Å². The number of aromatic nitrogens is 5. The van der Waals surface area contributed by atoms with Gasteiger partial charge in [0.05, 0.1) is 0 Å². The molecule has 1 aliphatic heterocycles. The van der Waals surface area contributed by atoms with Gasteiger partial charge in [-0.05, 0) is 40.1 Å². The molecule has 0 spiro atoms. The first-order valence-corrected chi connectivity index (χ1v) is 7.47. The standard InChI is InChI=1S/C15H17N7/c1-2-4-13-11-21(9-7-12(13)3-1)10-8-16-14-5-6-15-17-19-20-22(15)18-14/h1-6H,7-11H2,(H,16,18). The maximum atomic E-state index is 4.30. The summed E-state index contributed by atoms with van der Waals surface area (Å²) in [4.78, 5) is 2.46. The summed E-state index contributed by atoms with van der Waals surface area (Å²) in [6.45, 7) is 3.97. The van der Waals surface area contributed by atoms with Gasteiger partial charge in [-0.15, -0.1) is 14.8 Å². The molecule has 1 N–H and O–H groups in total. The second-order valence-corrected chi connectivity index (χ2v) is 5.47. The Labute approximate surface area is 127 Å². The Balaban J connectivity index is 1.34. The minimum Gasteiger partial charge on any atom is -0.367 e. The lowest BCUT2D eigenvalue weighted by Gasteiger charge is -2.28. The van der Waals surface area contributed by atoms with Crippen LogP contribution in [0.25, 0.3) is 5.65 Å². The second-order valence-electron chi connectivity index (χ2n) is 5.47. The van der Waals surface area contributed by atoms with Crippen molar-refractivity contribution in [1.82, 2.24) is 30.2 Å². The van der Waals surface area contributed by atoms with Gasteiger partial charge in [0.15, 0.2) is 5.65 Å². The van der Waals surface area contributed by atoms with Gasteiger partial charge < -0.3 is 5.32 Å². The Morgan fingerprint density at radius 2 is 2.00 bits per heavy atom. The lowest BCUT2D eigenvalue weighted by atomic mass is 10.00. The van der Waals surface area contributed by atoms with Crippen LogP contribution in [-0.4, -0.2) is 49.8 Å². The van der Waals surface area contributed by atoms with E-state index in [0.29, 0.717) is 5.65 Å². The highest BCUT2D eigenvalue weighted by Gasteiger charge is 2.14. The number of tetrazole rings is 1. The zero-order chi connectivity index (χ0) is 14.8. The molecule has 0 unspecified atom stereocenters. The van der Waals surface area contributed by atoms with Gasteiger partial charge in [0.2, 0.25) is 0 Å². The maximum Gasteiger partial charge on any atom is 0.200 e. The first kappa shape index (κ1) is 13.1. The normalized spacial score (nSPS) is 14.9. The fraction of sp³-hybridized carbons (Fsp3) is 0.333. The van der Waals surface area contributed by atoms with E-state index in [1.807, 2.05) is 12.1 Å². The zero-order valence-electron chi connectivity index (χ0n) is 12.2. The van der Waals surface area contributed by atoms with Crippen molar-refractivity contribution >= 4 is 11.5 Å². The summed E-state index contributed by atoms with van der Waals surface area (Å²) in [6.07, 6.45) is 1.13. The molecule has 1 aliphatic rings. The minimum absolute atomic E-state index is 0.651. The molecule has 0 radical (unpaired) electrons. The first-order valence-electron chi connectivity index (χ1n) is 7.47. The molecule has 0 saturated heterocycles. The largest absolute Gasteiger partial charge is 0.367 e. The van der Waals surface area contributed by atoms with Gasteiger partial charge in [0.1, 0.15) is 5.82 Å². The third kappa shape index (κ3) is 2.62. The fourth-order valence-corrected chi connectivity index (χ4v) is 2.83. The highest BCUT2D eigenvalue weighted by atomic mass is 15.6. The van der Waals surface area contributed by atoms with E-state index in [2.05, 4.69) is 55.1 Å². The van der Waals surface area contributed by atoms with E-state index in [4.69, 9.17) is 0 Å². The van der Waals surface area contributed by atoms with Crippen molar-refractivity contribution in [3.63, 3.8) is 0 Å². The van der Waals surface area contributed by atoms with E-state index in [1.165, 1.54) is 15.8 Å². The molecular formula is C15H17N7. The van der Waals surface area contributed by atoms with Crippen molar-refractivity contribution in [3.05, 3.63) is 47.5 Å². The molecule has 0 saturated carbocycles. The summed E-state index contributed by atoms with van der Waals surface area (Å²) in [6, 6.07) is 12.4. The third-order valence-electron chi connectivity index (χ3n) is 4.01. The van der Waals surface area contributed by atoms with E-state index in [1.54, 1.807) is 0 Å². The fourth-order valence-electron chi connectivity index (χ4n) is 2.83. The molecule has 112 valence electrons. The molecule has 0 atom stereocenters. The molecule has 0 bridgehead atoms. The summed E-state index contributed by atoms with van der Waals surface area (Å²) in [7, 11) is 0. The van der Waals surface area contributed by atoms with Gasteiger partial charge in [-0.1, -0.05) is 24.3 Å². The monoisotopic (exact) mass is 295 g/mol. The predicted molar refractivity (Wildman–Crippen MR) is 82.5 cm³/mol. The van der Waals surface area contributed by atoms with Crippen molar-refractivity contribution in [1.29, 1.82) is 0 Å². The minimum atomic E-state index is 0.651. The zero-order valence-corrected chi connectivity index (χ0v) is 12.2. The maximum absolute atomic E-state index is 4.30. The number of benzene rings is 1. The number of hydrogen-bond donors (Lipinski definition) is 1. The summed E-state index contributed by atoms with van der Waals surface area (Å²) in [5, 5.41) is 18.8. The van der Waals surface area contributed by atoms with Crippen LogP contribution in [0.5, 0.6) is 0 Å². The molecular weight excluding hydrogens is 278 g/mol. The Morgan fingerprint density at radius 1 is 1.09 bits per heavy atom. The third-order valence-corrected chi connectivity index (χ3v) is 4.01. The molecule has 1 aromatic carbocycles. The summed E-state index contributed by atoms with van der Waals surface area (Å²) >= 11 is 0. The molecule has 2 aromatic heterocycles. The van der Waals surface area contributed by atoms with Crippen LogP contribution in [0.2, 0.25) is 0 Å². The van der Waals surface area contributed by atoms with Gasteiger partial charge >= 0.3 is 0 Å². The predicted octanol–water partition coefficient (Wildman–Crippen LogP) is 0.989. The smallest absolute Gasteiger partial charge is 0.200 e. The number of hydrogen-bond acceptors (Lipinski definition) is 6. The van der Waals surface area contributed by atoms with Crippen LogP contribution >= 0.6 is 0 Å². The molecule has 3 heterocycles. The van der Waals surface area contributed by atoms with Crippen LogP contribution in [0, 0.1) is 0 Å². The summed E-state index contributed by atoms with van der Waals surface area (Å²) in [5.74, 6) is 0.789. The van der Waals surface area contributed by atoms with Crippen LogP contribution in [0.1, 0.15) is 11.1 Å². The lowest BCUT2D eigenvalue weighted by molar-refractivity contribution is 0.264. The highest BCUT2D eigenvalue weighted by Crippen LogP contribution is 2.17. The van der Waals surface area contributed by atoms with Crippen LogP contribution in [-0.2, 0) is 13.0 Å². The van der Waals surface area contributed by atoms with Gasteiger partial charge in [0.25, 0.3) is 0 Å². The number of rotatable bonds is 4. The molecule has 7 heteroatoms. The van der Waals surface area contributed by atoms with Crippen LogP contribution < -0.4 is 5.32 Å². The van der Waals surface area contributed by atoms with Crippen molar-refractivity contribution in [2.75, 3.05) is 25.0 Å². The quantitative estimate of drug-likeness (QED) is 0.774. The lowest BCUT2D eigenvalue weighted by Crippen LogP contribution is -2.34. The van der Waals surface area contributed by atoms with E-state index < -0.39 is 0 Å². The molecule has 3 aromatic rings. The van der Waals surface area contributed by atoms with Crippen molar-refractivity contribution in [2.24, 2.45) is 0 Å². The van der Waals surface area contributed by atoms with E-state index >= 15 is 0 Å². The topological polar surface area (TPSA) is 71.2 Å². The first-order chi connectivity index (χ1) is 10.9. The van der Waals surface area contributed by atoms with Crippen molar-refractivity contribution in [3.8, 4) is 0 Å². The molecule has 0 amide bonds. The molecule has 7 nitrogen and oxygen atoms in total. The van der Waals surface area contributed by atoms with Gasteiger partial charge in [-0.2, -0.15) is 0 Å². The molecule has 0 aliphatic carbocycles. The van der Waals surface area contributed by atoms with Crippen molar-refractivity contribution < 1.29 is 0 Å². The Bertz CT molecular complexity index is 782. The van der Waals surface area contributed by atoms with Crippen molar-refractivity contribution in [2.45, 2.75) is 13.0 Å². The number of fused-ring (bicyclic) bond motifs is 2. The molecule has 0 fully saturated rings. The summed E-state index contributed by atoms with van der Waals surface area (Å²) in [5.41, 5.74) is 3.58. The Kier molecular flexibility index (Phi) is 3.40. The highest BCUT2D eigenvalue weighted by molar-refractivity contribution is 5.42. The molecule has 4 rings (SSSR count). The number of nitrogens with one attached hydrogen (secondary N) is 1. The Morgan fingerprint density at radius 3 is 2.95 bits per heavy atom. The second kappa shape index (κ2) is 5.69. The van der Waals surface area contributed by atoms with Crippen LogP contribution in [0.4, 0.5) is 5.82 Å². The van der Waals surface area contributed by atoms with Gasteiger partial charge in [-0.3, -0.25) is 4.90 Å². The van der Waals surface area contributed by atoms with Crippen LogP contribution in [0.3, 0.4) is 0 Å².